The molecule has 2 aromatic carbocycles. The highest BCUT2D eigenvalue weighted by Gasteiger charge is 2.12. The van der Waals surface area contributed by atoms with Gasteiger partial charge in [-0.2, -0.15) is 0 Å². The number of amides is 1. The molecular formula is C21H22N2O4. The molecule has 0 atom stereocenters. The van der Waals surface area contributed by atoms with Crippen molar-refractivity contribution < 1.29 is 14.3 Å². The third kappa shape index (κ3) is 4.54. The van der Waals surface area contributed by atoms with Crippen LogP contribution >= 0.6 is 0 Å². The van der Waals surface area contributed by atoms with Crippen molar-refractivity contribution in [3.05, 3.63) is 70.1 Å². The Morgan fingerprint density at radius 1 is 1.15 bits per heavy atom. The molecule has 0 radical (unpaired) electrons. The lowest BCUT2D eigenvalue weighted by molar-refractivity contribution is -0.117. The number of fused-ring (bicyclic) bond motifs is 1. The number of benzene rings is 2. The molecule has 0 spiro atoms. The molecule has 140 valence electrons. The number of aromatic hydroxyl groups is 1. The Morgan fingerprint density at radius 2 is 1.93 bits per heavy atom. The summed E-state index contributed by atoms with van der Waals surface area (Å²) in [6, 6.07) is 13.8. The monoisotopic (exact) mass is 366 g/mol. The second kappa shape index (κ2) is 8.05. The van der Waals surface area contributed by atoms with Crippen molar-refractivity contribution >= 4 is 22.6 Å². The molecule has 1 aromatic heterocycles. The molecule has 0 aliphatic rings. The van der Waals surface area contributed by atoms with E-state index in [1.807, 2.05) is 43.1 Å². The number of anilines is 1. The van der Waals surface area contributed by atoms with Crippen molar-refractivity contribution in [1.29, 1.82) is 0 Å². The van der Waals surface area contributed by atoms with Gasteiger partial charge in [0.1, 0.15) is 11.3 Å². The molecule has 6 heteroatoms. The number of rotatable bonds is 6. The fraction of sp³-hybridized carbons (Fsp3) is 0.238. The van der Waals surface area contributed by atoms with Crippen LogP contribution in [0.4, 0.5) is 5.69 Å². The Bertz CT molecular complexity index is 1030. The predicted molar refractivity (Wildman–Crippen MR) is 105 cm³/mol. The topological polar surface area (TPSA) is 82.8 Å². The molecule has 6 nitrogen and oxygen atoms in total. The largest absolute Gasteiger partial charge is 0.508 e. The van der Waals surface area contributed by atoms with Crippen LogP contribution in [0.1, 0.15) is 18.1 Å². The van der Waals surface area contributed by atoms with E-state index >= 15 is 0 Å². The molecule has 0 aliphatic carbocycles. The highest BCUT2D eigenvalue weighted by Crippen LogP contribution is 2.22. The molecule has 27 heavy (non-hydrogen) atoms. The molecule has 2 N–H and O–H groups in total. The second-order valence-electron chi connectivity index (χ2n) is 6.50. The third-order valence-electron chi connectivity index (χ3n) is 4.34. The van der Waals surface area contributed by atoms with E-state index in [-0.39, 0.29) is 18.2 Å². The predicted octanol–water partition coefficient (Wildman–Crippen LogP) is 3.13. The summed E-state index contributed by atoms with van der Waals surface area (Å²) in [5.74, 6) is -0.0894. The number of hydrogen-bond donors (Lipinski definition) is 2. The van der Waals surface area contributed by atoms with Crippen LogP contribution in [-0.2, 0) is 17.8 Å². The summed E-state index contributed by atoms with van der Waals surface area (Å²) in [5, 5.41) is 13.2. The molecule has 0 saturated heterocycles. The van der Waals surface area contributed by atoms with Gasteiger partial charge in [-0.15, -0.1) is 0 Å². The van der Waals surface area contributed by atoms with Gasteiger partial charge in [0, 0.05) is 29.8 Å². The second-order valence-corrected chi connectivity index (χ2v) is 6.50. The quantitative estimate of drug-likeness (QED) is 0.655. The zero-order valence-electron chi connectivity index (χ0n) is 15.4. The van der Waals surface area contributed by atoms with Crippen LogP contribution in [0.15, 0.2) is 57.7 Å². The van der Waals surface area contributed by atoms with E-state index in [1.165, 1.54) is 12.1 Å². The van der Waals surface area contributed by atoms with E-state index in [0.29, 0.717) is 12.1 Å². The Balaban J connectivity index is 1.72. The van der Waals surface area contributed by atoms with Crippen LogP contribution in [0.3, 0.4) is 0 Å². The molecule has 3 rings (SSSR count). The molecule has 0 unspecified atom stereocenters. The van der Waals surface area contributed by atoms with E-state index < -0.39 is 5.63 Å². The number of phenols is 1. The van der Waals surface area contributed by atoms with E-state index in [4.69, 9.17) is 4.42 Å². The van der Waals surface area contributed by atoms with Gasteiger partial charge in [0.2, 0.25) is 5.91 Å². The lowest BCUT2D eigenvalue weighted by atomic mass is 10.1. The first-order valence-corrected chi connectivity index (χ1v) is 8.78. The summed E-state index contributed by atoms with van der Waals surface area (Å²) in [5.41, 5.74) is 2.48. The van der Waals surface area contributed by atoms with E-state index in [9.17, 15) is 14.7 Å². The van der Waals surface area contributed by atoms with Gasteiger partial charge >= 0.3 is 5.63 Å². The average molecular weight is 366 g/mol. The molecule has 0 bridgehead atoms. The van der Waals surface area contributed by atoms with E-state index in [2.05, 4.69) is 5.32 Å². The van der Waals surface area contributed by atoms with Gasteiger partial charge in [0.25, 0.3) is 0 Å². The number of nitrogens with zero attached hydrogens (tertiary/aromatic N) is 1. The van der Waals surface area contributed by atoms with Gasteiger partial charge in [-0.25, -0.2) is 4.79 Å². The van der Waals surface area contributed by atoms with Crippen molar-refractivity contribution in [3.63, 3.8) is 0 Å². The van der Waals surface area contributed by atoms with Crippen LogP contribution in [0.2, 0.25) is 0 Å². The zero-order valence-corrected chi connectivity index (χ0v) is 15.4. The summed E-state index contributed by atoms with van der Waals surface area (Å²) < 4.78 is 5.14. The molecule has 1 amide bonds. The summed E-state index contributed by atoms with van der Waals surface area (Å²) in [6.07, 6.45) is 0.838. The Labute approximate surface area is 157 Å². The Hall–Kier alpha value is -3.12. The van der Waals surface area contributed by atoms with Gasteiger partial charge in [-0.05, 0) is 42.8 Å². The first-order chi connectivity index (χ1) is 13.0. The number of carbonyl (C=O) groups excluding carboxylic acids is 1. The molecular weight excluding hydrogens is 344 g/mol. The number of phenolic OH excluding ortho intramolecular Hbond substituents is 1. The number of para-hydroxylation sites is 1. The molecule has 0 fully saturated rings. The number of aryl methyl sites for hydroxylation is 1. The van der Waals surface area contributed by atoms with Gasteiger partial charge in [0.05, 0.1) is 6.54 Å². The van der Waals surface area contributed by atoms with Crippen LogP contribution in [0.5, 0.6) is 5.75 Å². The lowest BCUT2D eigenvalue weighted by Gasteiger charge is -2.18. The van der Waals surface area contributed by atoms with Crippen LogP contribution in [0.25, 0.3) is 11.0 Å². The standard InChI is InChI=1S/C21H22N2O4/c1-3-14-6-4-5-7-18(14)22-20(25)13-23(2)12-15-10-21(26)27-19-11-16(24)8-9-17(15)19/h4-11,24H,3,12-13H2,1-2H3,(H,22,25). The number of likely N-dealkylation sites (N-methyl/N-ethyl adjacent to an activating group) is 1. The fourth-order valence-electron chi connectivity index (χ4n) is 3.08. The van der Waals surface area contributed by atoms with Crippen molar-refractivity contribution in [2.45, 2.75) is 19.9 Å². The summed E-state index contributed by atoms with van der Waals surface area (Å²) in [4.78, 5) is 26.0. The van der Waals surface area contributed by atoms with E-state index in [1.54, 1.807) is 12.1 Å². The minimum atomic E-state index is -0.488. The third-order valence-corrected chi connectivity index (χ3v) is 4.34. The Morgan fingerprint density at radius 3 is 2.70 bits per heavy atom. The van der Waals surface area contributed by atoms with Gasteiger partial charge in [-0.1, -0.05) is 25.1 Å². The number of nitrogens with one attached hydrogen (secondary N) is 1. The zero-order chi connectivity index (χ0) is 19.4. The Kier molecular flexibility index (Phi) is 5.57. The minimum Gasteiger partial charge on any atom is -0.508 e. The number of hydrogen-bond acceptors (Lipinski definition) is 5. The van der Waals surface area contributed by atoms with Gasteiger partial charge in [-0.3, -0.25) is 9.69 Å². The first kappa shape index (κ1) is 18.7. The SMILES string of the molecule is CCc1ccccc1NC(=O)CN(C)Cc1cc(=O)oc2cc(O)ccc12. The minimum absolute atomic E-state index is 0.0325. The maximum atomic E-state index is 12.4. The molecule has 3 aromatic rings. The van der Waals surface area contributed by atoms with Crippen molar-refractivity contribution in [1.82, 2.24) is 4.90 Å². The van der Waals surface area contributed by atoms with Gasteiger partial charge in [0.15, 0.2) is 0 Å². The van der Waals surface area contributed by atoms with Crippen molar-refractivity contribution in [2.75, 3.05) is 18.9 Å². The lowest BCUT2D eigenvalue weighted by Crippen LogP contribution is -2.30. The fourth-order valence-corrected chi connectivity index (χ4v) is 3.08. The smallest absolute Gasteiger partial charge is 0.336 e. The summed E-state index contributed by atoms with van der Waals surface area (Å²) in [6.45, 7) is 2.62. The average Bonchev–Trinajstić information content (AvgIpc) is 2.61. The maximum absolute atomic E-state index is 12.4. The van der Waals surface area contributed by atoms with Crippen LogP contribution in [-0.4, -0.2) is 29.5 Å². The normalized spacial score (nSPS) is 11.1. The van der Waals surface area contributed by atoms with Crippen LogP contribution in [0, 0.1) is 0 Å². The van der Waals surface area contributed by atoms with Crippen molar-refractivity contribution in [2.24, 2.45) is 0 Å². The maximum Gasteiger partial charge on any atom is 0.336 e. The first-order valence-electron chi connectivity index (χ1n) is 8.78. The highest BCUT2D eigenvalue weighted by atomic mass is 16.4. The summed E-state index contributed by atoms with van der Waals surface area (Å²) in [7, 11) is 1.81. The molecule has 1 heterocycles. The highest BCUT2D eigenvalue weighted by molar-refractivity contribution is 5.93. The van der Waals surface area contributed by atoms with E-state index in [0.717, 1.165) is 28.6 Å². The van der Waals surface area contributed by atoms with Crippen LogP contribution < -0.4 is 10.9 Å². The van der Waals surface area contributed by atoms with Crippen molar-refractivity contribution in [3.8, 4) is 5.75 Å². The molecule has 0 aliphatic heterocycles. The molecule has 0 saturated carbocycles. The number of carbonyl (C=O) groups is 1. The summed E-state index contributed by atoms with van der Waals surface area (Å²) >= 11 is 0. The van der Waals surface area contributed by atoms with Gasteiger partial charge < -0.3 is 14.8 Å².